The van der Waals surface area contributed by atoms with E-state index in [-0.39, 0.29) is 0 Å². The molecule has 0 bridgehead atoms. The van der Waals surface area contributed by atoms with Gasteiger partial charge in [0.1, 0.15) is 0 Å². The molecule has 2 aliphatic carbocycles. The Balaban J connectivity index is 2.01. The Morgan fingerprint density at radius 3 is 2.57 bits per heavy atom. The average molecular weight is 314 g/mol. The Kier molecular flexibility index (Phi) is 7.21. The SMILES string of the molecule is CCCC1CCC(NCC)C(S(=O)C2CCCC(C)C2)C1. The van der Waals surface area contributed by atoms with E-state index in [1.807, 2.05) is 0 Å². The van der Waals surface area contributed by atoms with Crippen molar-refractivity contribution in [2.45, 2.75) is 95.1 Å². The second-order valence-electron chi connectivity index (χ2n) is 7.39. The van der Waals surface area contributed by atoms with E-state index in [4.69, 9.17) is 0 Å². The van der Waals surface area contributed by atoms with Crippen molar-refractivity contribution in [3.05, 3.63) is 0 Å². The first kappa shape index (κ1) is 17.5. The fraction of sp³-hybridized carbons (Fsp3) is 1.00. The average Bonchev–Trinajstić information content (AvgIpc) is 2.48. The minimum Gasteiger partial charge on any atom is -0.313 e. The van der Waals surface area contributed by atoms with Crippen molar-refractivity contribution in [1.29, 1.82) is 0 Å². The van der Waals surface area contributed by atoms with Gasteiger partial charge in [-0.3, -0.25) is 4.21 Å². The molecule has 6 atom stereocenters. The maximum absolute atomic E-state index is 13.2. The summed E-state index contributed by atoms with van der Waals surface area (Å²) in [6, 6.07) is 0.501. The molecule has 0 aromatic carbocycles. The van der Waals surface area contributed by atoms with Crippen molar-refractivity contribution in [1.82, 2.24) is 5.32 Å². The molecule has 0 aromatic heterocycles. The molecule has 3 heteroatoms. The molecule has 0 spiro atoms. The zero-order valence-corrected chi connectivity index (χ0v) is 15.1. The molecular weight excluding hydrogens is 278 g/mol. The minimum absolute atomic E-state index is 0.408. The lowest BCUT2D eigenvalue weighted by Crippen LogP contribution is -2.48. The maximum atomic E-state index is 13.2. The molecule has 0 aromatic rings. The van der Waals surface area contributed by atoms with Crippen molar-refractivity contribution >= 4 is 10.8 Å². The summed E-state index contributed by atoms with van der Waals surface area (Å²) in [5.74, 6) is 1.60. The summed E-state index contributed by atoms with van der Waals surface area (Å²) in [6.45, 7) is 7.82. The van der Waals surface area contributed by atoms with Gasteiger partial charge in [-0.25, -0.2) is 0 Å². The van der Waals surface area contributed by atoms with E-state index in [0.717, 1.165) is 18.4 Å². The second-order valence-corrected chi connectivity index (χ2v) is 9.32. The first-order chi connectivity index (χ1) is 10.2. The van der Waals surface area contributed by atoms with Crippen LogP contribution in [0, 0.1) is 11.8 Å². The van der Waals surface area contributed by atoms with Crippen LogP contribution >= 0.6 is 0 Å². The van der Waals surface area contributed by atoms with Crippen LogP contribution in [0.3, 0.4) is 0 Å². The van der Waals surface area contributed by atoms with Crippen molar-refractivity contribution in [2.24, 2.45) is 11.8 Å². The number of rotatable bonds is 6. The third-order valence-electron chi connectivity index (χ3n) is 5.58. The van der Waals surface area contributed by atoms with Crippen LogP contribution in [0.1, 0.15) is 78.6 Å². The van der Waals surface area contributed by atoms with Gasteiger partial charge in [0.25, 0.3) is 0 Å². The normalized spacial score (nSPS) is 39.1. The molecular formula is C18H35NOS. The third kappa shape index (κ3) is 4.79. The highest BCUT2D eigenvalue weighted by molar-refractivity contribution is 7.86. The van der Waals surface area contributed by atoms with Gasteiger partial charge in [0.15, 0.2) is 0 Å². The topological polar surface area (TPSA) is 29.1 Å². The van der Waals surface area contributed by atoms with Gasteiger partial charge in [0, 0.05) is 22.1 Å². The van der Waals surface area contributed by atoms with Crippen LogP contribution in [0.25, 0.3) is 0 Å². The van der Waals surface area contributed by atoms with Crippen LogP contribution in [0.4, 0.5) is 0 Å². The van der Waals surface area contributed by atoms with Crippen LogP contribution in [-0.2, 0) is 10.8 Å². The monoisotopic (exact) mass is 313 g/mol. The molecule has 0 amide bonds. The fourth-order valence-corrected chi connectivity index (χ4v) is 6.90. The standard InChI is InChI=1S/C18H35NOS/c1-4-7-15-10-11-17(19-5-2)18(13-15)21(20)16-9-6-8-14(3)12-16/h14-19H,4-13H2,1-3H3. The maximum Gasteiger partial charge on any atom is 0.0506 e. The largest absolute Gasteiger partial charge is 0.313 e. The van der Waals surface area contributed by atoms with Gasteiger partial charge in [-0.1, -0.05) is 46.5 Å². The highest BCUT2D eigenvalue weighted by Crippen LogP contribution is 2.35. The number of hydrogen-bond acceptors (Lipinski definition) is 2. The summed E-state index contributed by atoms with van der Waals surface area (Å²) in [7, 11) is -0.632. The first-order valence-corrected chi connectivity index (χ1v) is 10.6. The summed E-state index contributed by atoms with van der Waals surface area (Å²) < 4.78 is 13.2. The van der Waals surface area contributed by atoms with Gasteiger partial charge in [-0.05, 0) is 50.5 Å². The lowest BCUT2D eigenvalue weighted by atomic mass is 9.83. The number of nitrogens with one attached hydrogen (secondary N) is 1. The summed E-state index contributed by atoms with van der Waals surface area (Å²) >= 11 is 0. The summed E-state index contributed by atoms with van der Waals surface area (Å²) in [5, 5.41) is 4.52. The van der Waals surface area contributed by atoms with Gasteiger partial charge in [-0.15, -0.1) is 0 Å². The lowest BCUT2D eigenvalue weighted by molar-refractivity contribution is 0.283. The molecule has 0 aliphatic heterocycles. The predicted octanol–water partition coefficient (Wildman–Crippen LogP) is 4.26. The Morgan fingerprint density at radius 1 is 1.10 bits per heavy atom. The van der Waals surface area contributed by atoms with Crippen LogP contribution in [-0.4, -0.2) is 27.3 Å². The fourth-order valence-electron chi connectivity index (χ4n) is 4.47. The zero-order chi connectivity index (χ0) is 15.2. The van der Waals surface area contributed by atoms with Crippen LogP contribution in [0.2, 0.25) is 0 Å². The second kappa shape index (κ2) is 8.67. The Bertz CT molecular complexity index is 333. The van der Waals surface area contributed by atoms with Gasteiger partial charge in [0.05, 0.1) is 5.25 Å². The molecule has 124 valence electrons. The molecule has 2 fully saturated rings. The Morgan fingerprint density at radius 2 is 1.90 bits per heavy atom. The van der Waals surface area contributed by atoms with E-state index in [9.17, 15) is 4.21 Å². The van der Waals surface area contributed by atoms with E-state index in [1.54, 1.807) is 0 Å². The molecule has 2 rings (SSSR count). The Hall–Kier alpha value is 0.110. The van der Waals surface area contributed by atoms with Crippen LogP contribution in [0.5, 0.6) is 0 Å². The van der Waals surface area contributed by atoms with E-state index in [2.05, 4.69) is 26.1 Å². The molecule has 0 saturated heterocycles. The molecule has 21 heavy (non-hydrogen) atoms. The summed E-state index contributed by atoms with van der Waals surface area (Å²) in [5.41, 5.74) is 0. The van der Waals surface area contributed by atoms with Crippen molar-refractivity contribution in [2.75, 3.05) is 6.54 Å². The van der Waals surface area contributed by atoms with Crippen molar-refractivity contribution in [3.63, 3.8) is 0 Å². The van der Waals surface area contributed by atoms with E-state index < -0.39 is 10.8 Å². The molecule has 1 N–H and O–H groups in total. The van der Waals surface area contributed by atoms with Crippen molar-refractivity contribution < 1.29 is 4.21 Å². The van der Waals surface area contributed by atoms with Crippen LogP contribution < -0.4 is 5.32 Å². The van der Waals surface area contributed by atoms with Gasteiger partial charge >= 0.3 is 0 Å². The first-order valence-electron chi connectivity index (χ1n) is 9.28. The molecule has 2 nitrogen and oxygen atoms in total. The molecule has 2 aliphatic rings. The summed E-state index contributed by atoms with van der Waals surface area (Å²) in [6.07, 6.45) is 11.4. The zero-order valence-electron chi connectivity index (χ0n) is 14.3. The third-order valence-corrected chi connectivity index (χ3v) is 7.78. The van der Waals surface area contributed by atoms with Crippen molar-refractivity contribution in [3.8, 4) is 0 Å². The highest BCUT2D eigenvalue weighted by atomic mass is 32.2. The Labute approximate surface area is 134 Å². The quantitative estimate of drug-likeness (QED) is 0.794. The van der Waals surface area contributed by atoms with E-state index in [1.165, 1.54) is 57.8 Å². The molecule has 2 saturated carbocycles. The van der Waals surface area contributed by atoms with Gasteiger partial charge in [0.2, 0.25) is 0 Å². The van der Waals surface area contributed by atoms with E-state index in [0.29, 0.717) is 16.5 Å². The molecule has 0 radical (unpaired) electrons. The highest BCUT2D eigenvalue weighted by Gasteiger charge is 2.37. The smallest absolute Gasteiger partial charge is 0.0506 e. The van der Waals surface area contributed by atoms with E-state index >= 15 is 0 Å². The lowest BCUT2D eigenvalue weighted by Gasteiger charge is -2.39. The predicted molar refractivity (Wildman–Crippen MR) is 93.1 cm³/mol. The van der Waals surface area contributed by atoms with Gasteiger partial charge < -0.3 is 5.32 Å². The number of hydrogen-bond donors (Lipinski definition) is 1. The molecule has 6 unspecified atom stereocenters. The molecule has 0 heterocycles. The van der Waals surface area contributed by atoms with Crippen LogP contribution in [0.15, 0.2) is 0 Å². The minimum atomic E-state index is -0.632. The van der Waals surface area contributed by atoms with Gasteiger partial charge in [-0.2, -0.15) is 0 Å². The summed E-state index contributed by atoms with van der Waals surface area (Å²) in [4.78, 5) is 0.